The molecular formula is C21H21NO2. The van der Waals surface area contributed by atoms with E-state index in [9.17, 15) is 4.79 Å². The zero-order valence-electron chi connectivity index (χ0n) is 13.6. The molecule has 0 bridgehead atoms. The van der Waals surface area contributed by atoms with Gasteiger partial charge in [0.05, 0.1) is 6.04 Å². The van der Waals surface area contributed by atoms with Crippen LogP contribution in [0.1, 0.15) is 42.9 Å². The van der Waals surface area contributed by atoms with Gasteiger partial charge in [0.15, 0.2) is 0 Å². The molecule has 2 aromatic carbocycles. The Morgan fingerprint density at radius 3 is 2.58 bits per heavy atom. The summed E-state index contributed by atoms with van der Waals surface area (Å²) >= 11 is 0. The molecule has 1 saturated carbocycles. The predicted octanol–water partition coefficient (Wildman–Crippen LogP) is 4.26. The number of benzene rings is 2. The van der Waals surface area contributed by atoms with Crippen molar-refractivity contribution >= 4 is 12.0 Å². The number of amides is 1. The highest BCUT2D eigenvalue weighted by Gasteiger charge is 2.45. The fourth-order valence-electron chi connectivity index (χ4n) is 3.58. The van der Waals surface area contributed by atoms with Crippen LogP contribution in [0.3, 0.4) is 0 Å². The topological polar surface area (TPSA) is 38.3 Å². The first-order chi connectivity index (χ1) is 11.7. The summed E-state index contributed by atoms with van der Waals surface area (Å²) in [5.41, 5.74) is 2.03. The van der Waals surface area contributed by atoms with Crippen molar-refractivity contribution in [2.75, 3.05) is 0 Å². The van der Waals surface area contributed by atoms with Gasteiger partial charge in [-0.05, 0) is 37.0 Å². The highest BCUT2D eigenvalue weighted by molar-refractivity contribution is 5.92. The molecule has 2 aliphatic rings. The molecule has 0 radical (unpaired) electrons. The standard InChI is InChI=1S/C21H21NO2/c23-20(12-11-16-7-2-1-3-8-16)22-18-15-21(13-6-14-21)24-19-10-5-4-9-17(18)19/h1-5,7-12,18H,6,13-15H2,(H,22,23)/b12-11+. The molecule has 0 aromatic heterocycles. The normalized spacial score (nSPS) is 20.9. The maximum Gasteiger partial charge on any atom is 0.244 e. The molecule has 1 N–H and O–H groups in total. The van der Waals surface area contributed by atoms with E-state index >= 15 is 0 Å². The third-order valence-electron chi connectivity index (χ3n) is 5.01. The molecule has 3 nitrogen and oxygen atoms in total. The van der Waals surface area contributed by atoms with Gasteiger partial charge in [0, 0.05) is 18.1 Å². The minimum absolute atomic E-state index is 0.0168. The van der Waals surface area contributed by atoms with Gasteiger partial charge in [0.2, 0.25) is 5.91 Å². The number of nitrogens with one attached hydrogen (secondary N) is 1. The summed E-state index contributed by atoms with van der Waals surface area (Å²) in [7, 11) is 0. The highest BCUT2D eigenvalue weighted by Crippen LogP contribution is 2.48. The van der Waals surface area contributed by atoms with Gasteiger partial charge in [-0.1, -0.05) is 48.5 Å². The number of ether oxygens (including phenoxy) is 1. The van der Waals surface area contributed by atoms with Crippen LogP contribution in [0.5, 0.6) is 5.75 Å². The second-order valence-electron chi connectivity index (χ2n) is 6.69. The van der Waals surface area contributed by atoms with E-state index in [0.717, 1.165) is 36.1 Å². The second kappa shape index (κ2) is 6.16. The van der Waals surface area contributed by atoms with Gasteiger partial charge in [0.25, 0.3) is 0 Å². The van der Waals surface area contributed by atoms with E-state index in [1.807, 2.05) is 60.7 Å². The van der Waals surface area contributed by atoms with Gasteiger partial charge in [-0.15, -0.1) is 0 Å². The summed E-state index contributed by atoms with van der Waals surface area (Å²) in [5.74, 6) is 0.857. The summed E-state index contributed by atoms with van der Waals surface area (Å²) in [5, 5.41) is 3.16. The van der Waals surface area contributed by atoms with Crippen molar-refractivity contribution in [1.29, 1.82) is 0 Å². The monoisotopic (exact) mass is 319 g/mol. The van der Waals surface area contributed by atoms with Crippen LogP contribution in [-0.2, 0) is 4.79 Å². The minimum Gasteiger partial charge on any atom is -0.487 e. The van der Waals surface area contributed by atoms with E-state index in [1.54, 1.807) is 6.08 Å². The zero-order chi connectivity index (χ0) is 16.4. The largest absolute Gasteiger partial charge is 0.487 e. The van der Waals surface area contributed by atoms with E-state index in [2.05, 4.69) is 5.32 Å². The maximum absolute atomic E-state index is 12.4. The van der Waals surface area contributed by atoms with E-state index in [1.165, 1.54) is 6.42 Å². The molecule has 24 heavy (non-hydrogen) atoms. The Morgan fingerprint density at radius 2 is 1.83 bits per heavy atom. The number of para-hydroxylation sites is 1. The first-order valence-electron chi connectivity index (χ1n) is 8.56. The molecule has 3 heteroatoms. The molecule has 0 saturated heterocycles. The molecule has 1 aliphatic heterocycles. The summed E-state index contributed by atoms with van der Waals surface area (Å²) in [4.78, 5) is 12.4. The van der Waals surface area contributed by atoms with Gasteiger partial charge >= 0.3 is 0 Å². The van der Waals surface area contributed by atoms with Crippen LogP contribution in [0.4, 0.5) is 0 Å². The molecule has 1 heterocycles. The van der Waals surface area contributed by atoms with Crippen LogP contribution >= 0.6 is 0 Å². The minimum atomic E-state index is -0.0740. The fraction of sp³-hybridized carbons (Fsp3) is 0.286. The molecule has 1 amide bonds. The Hall–Kier alpha value is -2.55. The van der Waals surface area contributed by atoms with Gasteiger partial charge in [0.1, 0.15) is 11.4 Å². The van der Waals surface area contributed by atoms with Crippen molar-refractivity contribution in [3.8, 4) is 5.75 Å². The number of carbonyl (C=O) groups excluding carboxylic acids is 1. The summed E-state index contributed by atoms with van der Waals surface area (Å²) in [6, 6.07) is 17.9. The average Bonchev–Trinajstić information content (AvgIpc) is 2.59. The lowest BCUT2D eigenvalue weighted by molar-refractivity contribution is -0.118. The Labute approximate surface area is 142 Å². The van der Waals surface area contributed by atoms with Crippen LogP contribution in [0.25, 0.3) is 6.08 Å². The first kappa shape index (κ1) is 15.0. The van der Waals surface area contributed by atoms with Crippen LogP contribution < -0.4 is 10.1 Å². The number of fused-ring (bicyclic) bond motifs is 1. The molecule has 4 rings (SSSR count). The van der Waals surface area contributed by atoms with Crippen LogP contribution in [0, 0.1) is 0 Å². The Kier molecular flexibility index (Phi) is 3.85. The quantitative estimate of drug-likeness (QED) is 0.858. The van der Waals surface area contributed by atoms with Gasteiger partial charge in [-0.3, -0.25) is 4.79 Å². The third-order valence-corrected chi connectivity index (χ3v) is 5.01. The molecule has 122 valence electrons. The van der Waals surface area contributed by atoms with Gasteiger partial charge in [-0.2, -0.15) is 0 Å². The maximum atomic E-state index is 12.4. The van der Waals surface area contributed by atoms with Crippen LogP contribution in [-0.4, -0.2) is 11.5 Å². The molecule has 1 spiro atoms. The fourth-order valence-corrected chi connectivity index (χ4v) is 3.58. The van der Waals surface area contributed by atoms with E-state index in [0.29, 0.717) is 0 Å². The van der Waals surface area contributed by atoms with Crippen LogP contribution in [0.2, 0.25) is 0 Å². The molecular weight excluding hydrogens is 298 g/mol. The van der Waals surface area contributed by atoms with Crippen molar-refractivity contribution in [3.05, 3.63) is 71.8 Å². The van der Waals surface area contributed by atoms with E-state index in [4.69, 9.17) is 4.74 Å². The molecule has 1 aliphatic carbocycles. The number of carbonyl (C=O) groups is 1. The predicted molar refractivity (Wildman–Crippen MR) is 94.6 cm³/mol. The lowest BCUT2D eigenvalue weighted by Crippen LogP contribution is -2.49. The van der Waals surface area contributed by atoms with E-state index < -0.39 is 0 Å². The van der Waals surface area contributed by atoms with Crippen molar-refractivity contribution in [2.24, 2.45) is 0 Å². The Bertz CT molecular complexity index is 762. The molecule has 1 fully saturated rings. The van der Waals surface area contributed by atoms with Gasteiger partial charge < -0.3 is 10.1 Å². The van der Waals surface area contributed by atoms with Crippen molar-refractivity contribution < 1.29 is 9.53 Å². The highest BCUT2D eigenvalue weighted by atomic mass is 16.5. The first-order valence-corrected chi connectivity index (χ1v) is 8.56. The Balaban J connectivity index is 1.51. The summed E-state index contributed by atoms with van der Waals surface area (Å²) in [6.07, 6.45) is 7.67. The second-order valence-corrected chi connectivity index (χ2v) is 6.69. The molecule has 1 atom stereocenters. The smallest absolute Gasteiger partial charge is 0.244 e. The average molecular weight is 319 g/mol. The van der Waals surface area contributed by atoms with E-state index in [-0.39, 0.29) is 17.6 Å². The van der Waals surface area contributed by atoms with Crippen molar-refractivity contribution in [2.45, 2.75) is 37.3 Å². The molecule has 1 unspecified atom stereocenters. The SMILES string of the molecule is O=C(/C=C/c1ccccc1)NC1CC2(CCC2)Oc2ccccc21. The lowest BCUT2D eigenvalue weighted by Gasteiger charge is -2.47. The van der Waals surface area contributed by atoms with Gasteiger partial charge in [-0.25, -0.2) is 0 Å². The lowest BCUT2D eigenvalue weighted by atomic mass is 9.73. The zero-order valence-corrected chi connectivity index (χ0v) is 13.6. The third kappa shape index (κ3) is 2.94. The van der Waals surface area contributed by atoms with Crippen molar-refractivity contribution in [3.63, 3.8) is 0 Å². The number of rotatable bonds is 3. The summed E-state index contributed by atoms with van der Waals surface area (Å²) in [6.45, 7) is 0. The Morgan fingerprint density at radius 1 is 1.08 bits per heavy atom. The number of hydrogen-bond donors (Lipinski definition) is 1. The summed E-state index contributed by atoms with van der Waals surface area (Å²) < 4.78 is 6.23. The van der Waals surface area contributed by atoms with Crippen molar-refractivity contribution in [1.82, 2.24) is 5.32 Å². The van der Waals surface area contributed by atoms with Crippen LogP contribution in [0.15, 0.2) is 60.7 Å². The molecule has 2 aromatic rings. The number of hydrogen-bond acceptors (Lipinski definition) is 2.